The fourth-order valence-electron chi connectivity index (χ4n) is 4.99. The smallest absolute Gasteiger partial charge is 0.237 e. The Labute approximate surface area is 189 Å². The van der Waals surface area contributed by atoms with Crippen LogP contribution in [0.2, 0.25) is 0 Å². The van der Waals surface area contributed by atoms with Crippen molar-refractivity contribution < 1.29 is 4.79 Å². The first kappa shape index (κ1) is 21.6. The van der Waals surface area contributed by atoms with E-state index in [4.69, 9.17) is 0 Å². The van der Waals surface area contributed by atoms with Crippen LogP contribution in [0, 0.1) is 13.8 Å². The quantitative estimate of drug-likeness (QED) is 0.392. The summed E-state index contributed by atoms with van der Waals surface area (Å²) >= 11 is 1.41. The number of aryl methyl sites for hydroxylation is 2. The zero-order valence-corrected chi connectivity index (χ0v) is 19.7. The molecule has 0 radical (unpaired) electrons. The largest absolute Gasteiger partial charge is 0.306 e. The van der Waals surface area contributed by atoms with Crippen molar-refractivity contribution >= 4 is 23.4 Å². The average Bonchev–Trinajstić information content (AvgIpc) is 2.71. The lowest BCUT2D eigenvalue weighted by atomic mass is 9.65. The number of carbonyl (C=O) groups excluding carboxylic acids is 1. The Bertz CT molecular complexity index is 1090. The Morgan fingerprint density at radius 2 is 1.58 bits per heavy atom. The molecule has 0 fully saturated rings. The first-order valence-electron chi connectivity index (χ1n) is 10.6. The van der Waals surface area contributed by atoms with Crippen molar-refractivity contribution in [3.05, 3.63) is 83.2 Å². The van der Waals surface area contributed by atoms with Crippen molar-refractivity contribution in [3.63, 3.8) is 0 Å². The number of aromatic nitrogens is 2. The molecule has 0 aliphatic carbocycles. The highest BCUT2D eigenvalue weighted by molar-refractivity contribution is 7.99. The Morgan fingerprint density at radius 3 is 2.26 bits per heavy atom. The van der Waals surface area contributed by atoms with Crippen LogP contribution >= 0.6 is 11.8 Å². The minimum atomic E-state index is -0.333. The minimum absolute atomic E-state index is 0.0836. The summed E-state index contributed by atoms with van der Waals surface area (Å²) in [5.74, 6) is 0.392. The number of para-hydroxylation sites is 1. The lowest BCUT2D eigenvalue weighted by Gasteiger charge is -2.51. The average molecular weight is 432 g/mol. The Kier molecular flexibility index (Phi) is 5.65. The van der Waals surface area contributed by atoms with Gasteiger partial charge in [-0.1, -0.05) is 67.2 Å². The second kappa shape index (κ2) is 8.12. The van der Waals surface area contributed by atoms with E-state index in [1.807, 2.05) is 30.9 Å². The fraction of sp³-hybridized carbons (Fsp3) is 0.346. The second-order valence-electron chi connectivity index (χ2n) is 9.16. The number of benzene rings is 2. The van der Waals surface area contributed by atoms with E-state index in [9.17, 15) is 4.79 Å². The first-order valence-corrected chi connectivity index (χ1v) is 11.6. The van der Waals surface area contributed by atoms with E-state index in [0.717, 1.165) is 23.5 Å². The third-order valence-electron chi connectivity index (χ3n) is 6.08. The number of rotatable bonds is 4. The molecule has 1 aliphatic rings. The number of hydrogen-bond donors (Lipinski definition) is 0. The van der Waals surface area contributed by atoms with Crippen LogP contribution in [0.5, 0.6) is 0 Å². The van der Waals surface area contributed by atoms with Crippen LogP contribution < -0.4 is 4.90 Å². The van der Waals surface area contributed by atoms with Gasteiger partial charge in [-0.15, -0.1) is 0 Å². The maximum Gasteiger partial charge on any atom is 0.237 e. The normalized spacial score (nSPS) is 19.7. The highest BCUT2D eigenvalue weighted by Gasteiger charge is 2.47. The third-order valence-corrected chi connectivity index (χ3v) is 6.91. The Balaban J connectivity index is 1.69. The molecule has 31 heavy (non-hydrogen) atoms. The third kappa shape index (κ3) is 4.11. The summed E-state index contributed by atoms with van der Waals surface area (Å²) in [5.41, 5.74) is 4.82. The predicted octanol–water partition coefficient (Wildman–Crippen LogP) is 5.71. The number of amides is 1. The monoisotopic (exact) mass is 431 g/mol. The molecule has 0 N–H and O–H groups in total. The van der Waals surface area contributed by atoms with Crippen molar-refractivity contribution in [2.24, 2.45) is 0 Å². The van der Waals surface area contributed by atoms with Gasteiger partial charge >= 0.3 is 0 Å². The molecule has 0 bridgehead atoms. The van der Waals surface area contributed by atoms with Gasteiger partial charge in [0, 0.05) is 28.0 Å². The van der Waals surface area contributed by atoms with Gasteiger partial charge in [0.05, 0.1) is 5.75 Å². The number of fused-ring (bicyclic) bond motifs is 1. The fourth-order valence-corrected chi connectivity index (χ4v) is 5.78. The molecular weight excluding hydrogens is 402 g/mol. The summed E-state index contributed by atoms with van der Waals surface area (Å²) in [6.07, 6.45) is 0.845. The van der Waals surface area contributed by atoms with Gasteiger partial charge < -0.3 is 4.90 Å². The van der Waals surface area contributed by atoms with Crippen molar-refractivity contribution in [1.82, 2.24) is 9.97 Å². The number of nitrogens with zero attached hydrogens (tertiary/aromatic N) is 3. The molecule has 0 saturated heterocycles. The lowest BCUT2D eigenvalue weighted by molar-refractivity contribution is -0.117. The van der Waals surface area contributed by atoms with Crippen molar-refractivity contribution in [2.75, 3.05) is 10.7 Å². The van der Waals surface area contributed by atoms with Gasteiger partial charge in [-0.3, -0.25) is 4.79 Å². The number of hydrogen-bond acceptors (Lipinski definition) is 4. The van der Waals surface area contributed by atoms with E-state index >= 15 is 0 Å². The zero-order chi connectivity index (χ0) is 22.2. The van der Waals surface area contributed by atoms with Crippen LogP contribution in [0.1, 0.15) is 49.7 Å². The topological polar surface area (TPSA) is 46.1 Å². The summed E-state index contributed by atoms with van der Waals surface area (Å²) < 4.78 is 0. The molecule has 5 heteroatoms. The summed E-state index contributed by atoms with van der Waals surface area (Å²) in [7, 11) is 0. The Hall–Kier alpha value is -2.66. The van der Waals surface area contributed by atoms with Gasteiger partial charge in [0.15, 0.2) is 5.16 Å². The van der Waals surface area contributed by atoms with Crippen molar-refractivity contribution in [3.8, 4) is 0 Å². The molecule has 0 saturated carbocycles. The van der Waals surface area contributed by atoms with E-state index in [-0.39, 0.29) is 16.9 Å². The van der Waals surface area contributed by atoms with Crippen molar-refractivity contribution in [1.29, 1.82) is 0 Å². The molecule has 4 nitrogen and oxygen atoms in total. The summed E-state index contributed by atoms with van der Waals surface area (Å²) in [5, 5.41) is 0.656. The van der Waals surface area contributed by atoms with Crippen LogP contribution in [-0.2, 0) is 10.2 Å². The van der Waals surface area contributed by atoms with Gasteiger partial charge in [0.1, 0.15) is 0 Å². The number of carbonyl (C=O) groups is 1. The summed E-state index contributed by atoms with van der Waals surface area (Å²) in [6.45, 7) is 10.5. The molecule has 2 aromatic carbocycles. The molecule has 2 heterocycles. The van der Waals surface area contributed by atoms with Gasteiger partial charge in [-0.25, -0.2) is 9.97 Å². The lowest BCUT2D eigenvalue weighted by Crippen LogP contribution is -2.56. The molecule has 4 rings (SSSR count). The Morgan fingerprint density at radius 1 is 0.968 bits per heavy atom. The molecular formula is C26H29N3OS. The highest BCUT2D eigenvalue weighted by atomic mass is 32.2. The standard InChI is InChI=1S/C26H29N3OS/c1-18-15-19(2)28-24(27-18)31-16-23(30)29-22-14-10-9-13-21(22)26(5,17-25(29,3)4)20-11-7-6-8-12-20/h6-15H,16-17H2,1-5H3/t26-/m1/s1. The van der Waals surface area contributed by atoms with Gasteiger partial charge in [0.25, 0.3) is 0 Å². The number of anilines is 1. The van der Waals surface area contributed by atoms with Crippen LogP contribution in [0.3, 0.4) is 0 Å². The molecule has 1 aliphatic heterocycles. The van der Waals surface area contributed by atoms with Crippen LogP contribution in [-0.4, -0.2) is 27.2 Å². The van der Waals surface area contributed by atoms with Crippen LogP contribution in [0.4, 0.5) is 5.69 Å². The number of thioether (sulfide) groups is 1. The van der Waals surface area contributed by atoms with Gasteiger partial charge in [0.2, 0.25) is 5.91 Å². The van der Waals surface area contributed by atoms with Gasteiger partial charge in [-0.05, 0) is 57.4 Å². The van der Waals surface area contributed by atoms with E-state index in [1.165, 1.54) is 22.9 Å². The van der Waals surface area contributed by atoms with Gasteiger partial charge in [-0.2, -0.15) is 0 Å². The zero-order valence-electron chi connectivity index (χ0n) is 18.8. The summed E-state index contributed by atoms with van der Waals surface area (Å²) in [4.78, 5) is 24.5. The molecule has 0 spiro atoms. The van der Waals surface area contributed by atoms with E-state index in [1.54, 1.807) is 0 Å². The van der Waals surface area contributed by atoms with Crippen LogP contribution in [0.15, 0.2) is 65.8 Å². The maximum atomic E-state index is 13.5. The minimum Gasteiger partial charge on any atom is -0.306 e. The molecule has 1 aromatic heterocycles. The molecule has 1 atom stereocenters. The highest BCUT2D eigenvalue weighted by Crippen LogP contribution is 2.50. The molecule has 3 aromatic rings. The van der Waals surface area contributed by atoms with E-state index < -0.39 is 0 Å². The van der Waals surface area contributed by atoms with Crippen LogP contribution in [0.25, 0.3) is 0 Å². The molecule has 1 amide bonds. The SMILES string of the molecule is Cc1cc(C)nc(SCC(=O)N2c3ccccc3[C@@](C)(c3ccccc3)CC2(C)C)n1. The van der Waals surface area contributed by atoms with E-state index in [2.05, 4.69) is 79.3 Å². The maximum absolute atomic E-state index is 13.5. The summed E-state index contributed by atoms with van der Waals surface area (Å²) in [6, 6.07) is 20.9. The first-order chi connectivity index (χ1) is 14.7. The molecule has 160 valence electrons. The molecule has 0 unspecified atom stereocenters. The predicted molar refractivity (Wildman–Crippen MR) is 128 cm³/mol. The second-order valence-corrected chi connectivity index (χ2v) is 10.1. The van der Waals surface area contributed by atoms with E-state index in [0.29, 0.717) is 10.9 Å². The van der Waals surface area contributed by atoms with Crippen molar-refractivity contribution in [2.45, 2.75) is 57.1 Å².